The van der Waals surface area contributed by atoms with Gasteiger partial charge >= 0.3 is 0 Å². The molecule has 5 nitrogen and oxygen atoms in total. The number of nitrogens with two attached hydrogens (primary N) is 1. The fourth-order valence-corrected chi connectivity index (χ4v) is 2.71. The maximum absolute atomic E-state index is 12.4. The van der Waals surface area contributed by atoms with Gasteiger partial charge in [-0.3, -0.25) is 4.79 Å². The predicted octanol–water partition coefficient (Wildman–Crippen LogP) is 2.74. The first-order valence-electron chi connectivity index (χ1n) is 7.51. The number of hydrogen-bond acceptors (Lipinski definition) is 4. The van der Waals surface area contributed by atoms with Gasteiger partial charge < -0.3 is 15.1 Å². The van der Waals surface area contributed by atoms with Crippen LogP contribution < -0.4 is 5.73 Å². The summed E-state index contributed by atoms with van der Waals surface area (Å²) in [5, 5.41) is 0. The van der Waals surface area contributed by atoms with Gasteiger partial charge in [-0.05, 0) is 38.5 Å². The van der Waals surface area contributed by atoms with Crippen LogP contribution in [0.15, 0.2) is 10.7 Å². The number of nitrogens with zero attached hydrogens (tertiary/aromatic N) is 2. The van der Waals surface area contributed by atoms with E-state index in [-0.39, 0.29) is 18.0 Å². The summed E-state index contributed by atoms with van der Waals surface area (Å²) in [6.45, 7) is 7.09. The molecule has 5 heteroatoms. The van der Waals surface area contributed by atoms with E-state index < -0.39 is 0 Å². The molecule has 1 fully saturated rings. The molecule has 1 aliphatic heterocycles. The maximum Gasteiger partial charge on any atom is 0.276 e. The molecule has 1 amide bonds. The Bertz CT molecular complexity index is 456. The van der Waals surface area contributed by atoms with E-state index in [2.05, 4.69) is 25.8 Å². The largest absolute Gasteiger partial charge is 0.446 e. The van der Waals surface area contributed by atoms with Crippen LogP contribution in [0.1, 0.15) is 68.9 Å². The summed E-state index contributed by atoms with van der Waals surface area (Å²) in [6.07, 6.45) is 5.55. The average Bonchev–Trinajstić information content (AvgIpc) is 2.87. The van der Waals surface area contributed by atoms with Crippen LogP contribution >= 0.6 is 0 Å². The van der Waals surface area contributed by atoms with Crippen molar-refractivity contribution in [2.24, 2.45) is 11.7 Å². The zero-order chi connectivity index (χ0) is 14.7. The van der Waals surface area contributed by atoms with Gasteiger partial charge in [0.1, 0.15) is 6.26 Å². The zero-order valence-corrected chi connectivity index (χ0v) is 12.6. The highest BCUT2D eigenvalue weighted by atomic mass is 16.3. The van der Waals surface area contributed by atoms with Crippen molar-refractivity contribution in [3.63, 3.8) is 0 Å². The molecule has 0 radical (unpaired) electrons. The molecular formula is C15H25N3O2. The average molecular weight is 279 g/mol. The molecule has 0 spiro atoms. The summed E-state index contributed by atoms with van der Waals surface area (Å²) < 4.78 is 5.39. The van der Waals surface area contributed by atoms with Crippen molar-refractivity contribution in [2.45, 2.75) is 58.5 Å². The summed E-state index contributed by atoms with van der Waals surface area (Å²) >= 11 is 0. The lowest BCUT2D eigenvalue weighted by molar-refractivity contribution is 0.0629. The molecule has 112 valence electrons. The second-order valence-corrected chi connectivity index (χ2v) is 6.15. The summed E-state index contributed by atoms with van der Waals surface area (Å²) in [5.74, 6) is 0.897. The third-order valence-electron chi connectivity index (χ3n) is 3.85. The number of oxazole rings is 1. The van der Waals surface area contributed by atoms with Crippen molar-refractivity contribution in [1.29, 1.82) is 0 Å². The molecule has 20 heavy (non-hydrogen) atoms. The summed E-state index contributed by atoms with van der Waals surface area (Å²) in [6, 6.07) is 0.0380. The topological polar surface area (TPSA) is 72.4 Å². The van der Waals surface area contributed by atoms with Crippen LogP contribution in [0, 0.1) is 5.92 Å². The highest BCUT2D eigenvalue weighted by Crippen LogP contribution is 2.21. The Morgan fingerprint density at radius 1 is 1.55 bits per heavy atom. The van der Waals surface area contributed by atoms with E-state index in [0.717, 1.165) is 25.8 Å². The Labute approximate surface area is 120 Å². The van der Waals surface area contributed by atoms with E-state index in [0.29, 0.717) is 17.5 Å². The van der Waals surface area contributed by atoms with E-state index in [1.54, 1.807) is 0 Å². The highest BCUT2D eigenvalue weighted by molar-refractivity contribution is 5.92. The minimum Gasteiger partial charge on any atom is -0.446 e. The predicted molar refractivity (Wildman–Crippen MR) is 77.2 cm³/mol. The van der Waals surface area contributed by atoms with Crippen LogP contribution in [0.25, 0.3) is 0 Å². The lowest BCUT2D eigenvalue weighted by atomic mass is 10.0. The van der Waals surface area contributed by atoms with Crippen LogP contribution in [-0.4, -0.2) is 28.4 Å². The quantitative estimate of drug-likeness (QED) is 0.919. The first-order chi connectivity index (χ1) is 9.49. The molecule has 2 atom stereocenters. The second kappa shape index (κ2) is 6.39. The van der Waals surface area contributed by atoms with Crippen molar-refractivity contribution in [3.8, 4) is 0 Å². The van der Waals surface area contributed by atoms with Gasteiger partial charge in [-0.2, -0.15) is 0 Å². The minimum atomic E-state index is -0.240. The van der Waals surface area contributed by atoms with E-state index >= 15 is 0 Å². The van der Waals surface area contributed by atoms with Gasteiger partial charge in [0.25, 0.3) is 5.91 Å². The molecule has 2 N–H and O–H groups in total. The number of carbonyl (C=O) groups excluding carboxylic acids is 1. The molecular weight excluding hydrogens is 254 g/mol. The van der Waals surface area contributed by atoms with Gasteiger partial charge in [0.2, 0.25) is 5.89 Å². The Hall–Kier alpha value is -1.36. The minimum absolute atomic E-state index is 0.0380. The summed E-state index contributed by atoms with van der Waals surface area (Å²) in [5.41, 5.74) is 6.42. The molecule has 2 unspecified atom stereocenters. The lowest BCUT2D eigenvalue weighted by Crippen LogP contribution is -2.42. The number of piperidine rings is 1. The zero-order valence-electron chi connectivity index (χ0n) is 12.6. The smallest absolute Gasteiger partial charge is 0.276 e. The molecule has 0 aromatic carbocycles. The molecule has 1 aliphatic rings. The molecule has 0 aliphatic carbocycles. The van der Waals surface area contributed by atoms with Crippen LogP contribution in [0.2, 0.25) is 0 Å². The second-order valence-electron chi connectivity index (χ2n) is 6.15. The maximum atomic E-state index is 12.4. The van der Waals surface area contributed by atoms with Crippen LogP contribution in [-0.2, 0) is 0 Å². The van der Waals surface area contributed by atoms with Crippen LogP contribution in [0.4, 0.5) is 0 Å². The van der Waals surface area contributed by atoms with Crippen molar-refractivity contribution >= 4 is 5.91 Å². The number of carbonyl (C=O) groups is 1. The SMILES string of the molecule is CC(C)CC(N)c1nc(C(=O)N2CCCCC2C)co1. The van der Waals surface area contributed by atoms with E-state index in [9.17, 15) is 4.79 Å². The van der Waals surface area contributed by atoms with E-state index in [1.165, 1.54) is 12.7 Å². The Morgan fingerprint density at radius 3 is 2.95 bits per heavy atom. The molecule has 1 saturated heterocycles. The number of amides is 1. The van der Waals surface area contributed by atoms with Crippen molar-refractivity contribution < 1.29 is 9.21 Å². The molecule has 2 heterocycles. The van der Waals surface area contributed by atoms with Gasteiger partial charge in [-0.1, -0.05) is 13.8 Å². The number of likely N-dealkylation sites (tertiary alicyclic amines) is 1. The normalized spacial score (nSPS) is 21.2. The third kappa shape index (κ3) is 3.39. The lowest BCUT2D eigenvalue weighted by Gasteiger charge is -2.32. The Kier molecular flexibility index (Phi) is 4.81. The molecule has 0 bridgehead atoms. The fourth-order valence-electron chi connectivity index (χ4n) is 2.71. The third-order valence-corrected chi connectivity index (χ3v) is 3.85. The number of aromatic nitrogens is 1. The number of hydrogen-bond donors (Lipinski definition) is 1. The molecule has 2 rings (SSSR count). The van der Waals surface area contributed by atoms with E-state index in [1.807, 2.05) is 4.90 Å². The first kappa shape index (κ1) is 15.0. The van der Waals surface area contributed by atoms with Gasteiger partial charge in [0, 0.05) is 12.6 Å². The van der Waals surface area contributed by atoms with Crippen molar-refractivity contribution in [1.82, 2.24) is 9.88 Å². The monoisotopic (exact) mass is 279 g/mol. The van der Waals surface area contributed by atoms with Gasteiger partial charge in [-0.25, -0.2) is 4.98 Å². The Balaban J connectivity index is 2.06. The standard InChI is InChI=1S/C15H25N3O2/c1-10(2)8-12(16)14-17-13(9-20-14)15(19)18-7-5-4-6-11(18)3/h9-12H,4-8,16H2,1-3H3. The summed E-state index contributed by atoms with van der Waals surface area (Å²) in [4.78, 5) is 18.6. The van der Waals surface area contributed by atoms with Crippen molar-refractivity contribution in [3.05, 3.63) is 17.8 Å². The summed E-state index contributed by atoms with van der Waals surface area (Å²) in [7, 11) is 0. The number of rotatable bonds is 4. The molecule has 0 saturated carbocycles. The fraction of sp³-hybridized carbons (Fsp3) is 0.733. The molecule has 1 aromatic heterocycles. The Morgan fingerprint density at radius 2 is 2.30 bits per heavy atom. The van der Waals surface area contributed by atoms with Crippen LogP contribution in [0.5, 0.6) is 0 Å². The molecule has 1 aromatic rings. The van der Waals surface area contributed by atoms with Gasteiger partial charge in [-0.15, -0.1) is 0 Å². The highest BCUT2D eigenvalue weighted by Gasteiger charge is 2.27. The first-order valence-corrected chi connectivity index (χ1v) is 7.51. The van der Waals surface area contributed by atoms with Crippen LogP contribution in [0.3, 0.4) is 0 Å². The van der Waals surface area contributed by atoms with E-state index in [4.69, 9.17) is 10.2 Å². The van der Waals surface area contributed by atoms with Gasteiger partial charge in [0.15, 0.2) is 5.69 Å². The van der Waals surface area contributed by atoms with Gasteiger partial charge in [0.05, 0.1) is 6.04 Å². The van der Waals surface area contributed by atoms with Crippen molar-refractivity contribution in [2.75, 3.05) is 6.54 Å².